The molecule has 0 saturated heterocycles. The fourth-order valence-corrected chi connectivity index (χ4v) is 2.17. The van der Waals surface area contributed by atoms with E-state index >= 15 is 0 Å². The number of rotatable bonds is 4. The molecule has 0 spiro atoms. The number of aryl methyl sites for hydroxylation is 2. The molecule has 2 atom stereocenters. The van der Waals surface area contributed by atoms with Crippen LogP contribution in [0.1, 0.15) is 37.0 Å². The van der Waals surface area contributed by atoms with E-state index in [0.29, 0.717) is 0 Å². The van der Waals surface area contributed by atoms with Crippen molar-refractivity contribution in [2.45, 2.75) is 45.6 Å². The van der Waals surface area contributed by atoms with Crippen LogP contribution in [0.5, 0.6) is 0 Å². The third kappa shape index (κ3) is 2.86. The Labute approximate surface area is 103 Å². The highest BCUT2D eigenvalue weighted by Gasteiger charge is 2.34. The van der Waals surface area contributed by atoms with Gasteiger partial charge < -0.3 is 10.8 Å². The Morgan fingerprint density at radius 2 is 2.06 bits per heavy atom. The van der Waals surface area contributed by atoms with Crippen LogP contribution in [0.4, 0.5) is 0 Å². The van der Waals surface area contributed by atoms with Crippen LogP contribution < -0.4 is 5.73 Å². The van der Waals surface area contributed by atoms with Crippen molar-refractivity contribution in [1.29, 1.82) is 0 Å². The fourth-order valence-electron chi connectivity index (χ4n) is 2.17. The third-order valence-corrected chi connectivity index (χ3v) is 3.53. The summed E-state index contributed by atoms with van der Waals surface area (Å²) in [5, 5.41) is 9.06. The minimum absolute atomic E-state index is 0.0506. The van der Waals surface area contributed by atoms with Gasteiger partial charge in [-0.3, -0.25) is 4.79 Å². The number of nitrogens with two attached hydrogens (primary N) is 1. The molecule has 0 amide bonds. The molecule has 0 heterocycles. The normalized spacial score (nSPS) is 16.3. The number of carboxylic acids is 1. The van der Waals surface area contributed by atoms with Crippen molar-refractivity contribution in [2.75, 3.05) is 0 Å². The highest BCUT2D eigenvalue weighted by atomic mass is 16.4. The molecular weight excluding hydrogens is 214 g/mol. The van der Waals surface area contributed by atoms with Gasteiger partial charge in [-0.05, 0) is 31.9 Å². The Kier molecular flexibility index (Phi) is 3.94. The second-order valence-electron chi connectivity index (χ2n) is 5.10. The summed E-state index contributed by atoms with van der Waals surface area (Å²) in [5.74, 6) is -0.814. The Balaban J connectivity index is 3.31. The summed E-state index contributed by atoms with van der Waals surface area (Å²) in [4.78, 5) is 11.0. The maximum Gasteiger partial charge on any atom is 0.304 e. The van der Waals surface area contributed by atoms with Crippen LogP contribution in [0.15, 0.2) is 18.2 Å². The lowest BCUT2D eigenvalue weighted by Gasteiger charge is -2.34. The number of hydrogen-bond donors (Lipinski definition) is 2. The largest absolute Gasteiger partial charge is 0.481 e. The van der Waals surface area contributed by atoms with E-state index in [0.717, 1.165) is 16.7 Å². The van der Waals surface area contributed by atoms with E-state index in [1.54, 1.807) is 0 Å². The maximum absolute atomic E-state index is 11.0. The molecule has 0 fully saturated rings. The Bertz CT molecular complexity index is 426. The zero-order valence-electron chi connectivity index (χ0n) is 10.9. The predicted octanol–water partition coefficient (Wildman–Crippen LogP) is 2.38. The molecule has 0 radical (unpaired) electrons. The van der Waals surface area contributed by atoms with Crippen LogP contribution in [0.3, 0.4) is 0 Å². The van der Waals surface area contributed by atoms with Gasteiger partial charge in [0.2, 0.25) is 0 Å². The number of carboxylic acid groups (broad SMARTS) is 1. The van der Waals surface area contributed by atoms with E-state index in [9.17, 15) is 4.79 Å². The molecule has 0 aromatic heterocycles. The van der Waals surface area contributed by atoms with E-state index in [1.807, 2.05) is 45.9 Å². The first-order valence-electron chi connectivity index (χ1n) is 5.82. The maximum atomic E-state index is 11.0. The van der Waals surface area contributed by atoms with Gasteiger partial charge in [-0.2, -0.15) is 0 Å². The van der Waals surface area contributed by atoms with E-state index in [1.165, 1.54) is 0 Å². The lowest BCUT2D eigenvalue weighted by atomic mass is 9.72. The summed E-state index contributed by atoms with van der Waals surface area (Å²) in [6.45, 7) is 7.79. The molecule has 0 aliphatic rings. The topological polar surface area (TPSA) is 63.3 Å². The van der Waals surface area contributed by atoms with Crippen molar-refractivity contribution >= 4 is 5.97 Å². The summed E-state index contributed by atoms with van der Waals surface area (Å²) in [6, 6.07) is 5.88. The molecule has 1 aromatic rings. The fraction of sp³-hybridized carbons (Fsp3) is 0.500. The van der Waals surface area contributed by atoms with Gasteiger partial charge in [0.25, 0.3) is 0 Å². The van der Waals surface area contributed by atoms with Gasteiger partial charge in [-0.25, -0.2) is 0 Å². The molecule has 1 aromatic carbocycles. The lowest BCUT2D eigenvalue weighted by molar-refractivity contribution is -0.138. The van der Waals surface area contributed by atoms with Gasteiger partial charge >= 0.3 is 5.97 Å². The van der Waals surface area contributed by atoms with Gasteiger partial charge in [0.1, 0.15) is 0 Å². The summed E-state index contributed by atoms with van der Waals surface area (Å²) in [6.07, 6.45) is 0.0506. The van der Waals surface area contributed by atoms with Crippen LogP contribution in [-0.4, -0.2) is 17.1 Å². The number of hydrogen-bond acceptors (Lipinski definition) is 2. The molecular formula is C14H21NO2. The van der Waals surface area contributed by atoms with Gasteiger partial charge in [0, 0.05) is 11.5 Å². The smallest absolute Gasteiger partial charge is 0.304 e. The van der Waals surface area contributed by atoms with Crippen molar-refractivity contribution < 1.29 is 9.90 Å². The van der Waals surface area contributed by atoms with Crippen molar-refractivity contribution in [1.82, 2.24) is 0 Å². The van der Waals surface area contributed by atoms with Gasteiger partial charge in [-0.15, -0.1) is 0 Å². The summed E-state index contributed by atoms with van der Waals surface area (Å²) >= 11 is 0. The van der Waals surface area contributed by atoms with Crippen LogP contribution >= 0.6 is 0 Å². The molecule has 17 heavy (non-hydrogen) atoms. The van der Waals surface area contributed by atoms with Crippen molar-refractivity contribution in [3.05, 3.63) is 34.9 Å². The lowest BCUT2D eigenvalue weighted by Crippen LogP contribution is -2.43. The Morgan fingerprint density at radius 1 is 1.47 bits per heavy atom. The van der Waals surface area contributed by atoms with Crippen molar-refractivity contribution in [3.8, 4) is 0 Å². The van der Waals surface area contributed by atoms with Crippen LogP contribution in [0.25, 0.3) is 0 Å². The quantitative estimate of drug-likeness (QED) is 0.842. The van der Waals surface area contributed by atoms with Crippen molar-refractivity contribution in [3.63, 3.8) is 0 Å². The molecule has 0 aliphatic heterocycles. The summed E-state index contributed by atoms with van der Waals surface area (Å²) < 4.78 is 0. The van der Waals surface area contributed by atoms with Crippen molar-refractivity contribution in [2.24, 2.45) is 5.73 Å². The highest BCUT2D eigenvalue weighted by molar-refractivity contribution is 5.69. The van der Waals surface area contributed by atoms with Gasteiger partial charge in [0.15, 0.2) is 0 Å². The van der Waals surface area contributed by atoms with E-state index in [4.69, 9.17) is 10.8 Å². The number of aliphatic carboxylic acids is 1. The molecule has 0 bridgehead atoms. The van der Waals surface area contributed by atoms with Crippen LogP contribution in [0.2, 0.25) is 0 Å². The molecule has 1 rings (SSSR count). The third-order valence-electron chi connectivity index (χ3n) is 3.53. The minimum atomic E-state index is -0.814. The molecule has 0 aliphatic carbocycles. The van der Waals surface area contributed by atoms with Gasteiger partial charge in [0.05, 0.1) is 6.42 Å². The van der Waals surface area contributed by atoms with Gasteiger partial charge in [-0.1, -0.05) is 30.7 Å². The van der Waals surface area contributed by atoms with Crippen LogP contribution in [-0.2, 0) is 10.2 Å². The Morgan fingerprint density at radius 3 is 2.53 bits per heavy atom. The first-order chi connectivity index (χ1) is 7.77. The SMILES string of the molecule is Cc1ccc(C)c(C(C)(CC(=O)O)C(C)N)c1. The Hall–Kier alpha value is -1.35. The number of carbonyl (C=O) groups is 1. The molecule has 3 nitrogen and oxygen atoms in total. The minimum Gasteiger partial charge on any atom is -0.481 e. The average molecular weight is 235 g/mol. The second kappa shape index (κ2) is 4.88. The second-order valence-corrected chi connectivity index (χ2v) is 5.10. The monoisotopic (exact) mass is 235 g/mol. The zero-order chi connectivity index (χ0) is 13.2. The zero-order valence-corrected chi connectivity index (χ0v) is 10.9. The van der Waals surface area contributed by atoms with E-state index in [-0.39, 0.29) is 12.5 Å². The highest BCUT2D eigenvalue weighted by Crippen LogP contribution is 2.33. The first kappa shape index (κ1) is 13.7. The summed E-state index contributed by atoms with van der Waals surface area (Å²) in [5.41, 5.74) is 8.74. The molecule has 3 heteroatoms. The average Bonchev–Trinajstić information content (AvgIpc) is 2.20. The molecule has 2 unspecified atom stereocenters. The number of benzene rings is 1. The van der Waals surface area contributed by atoms with E-state index in [2.05, 4.69) is 0 Å². The molecule has 3 N–H and O–H groups in total. The summed E-state index contributed by atoms with van der Waals surface area (Å²) in [7, 11) is 0. The predicted molar refractivity (Wildman–Crippen MR) is 69.2 cm³/mol. The van der Waals surface area contributed by atoms with Crippen LogP contribution in [0, 0.1) is 13.8 Å². The first-order valence-corrected chi connectivity index (χ1v) is 5.82. The van der Waals surface area contributed by atoms with E-state index < -0.39 is 11.4 Å². The molecule has 94 valence electrons. The molecule has 0 saturated carbocycles. The standard InChI is InChI=1S/C14H21NO2/c1-9-5-6-10(2)12(7-9)14(4,11(3)15)8-13(16)17/h5-7,11H,8,15H2,1-4H3,(H,16,17).